The molecule has 0 saturated carbocycles. The molecule has 3 rings (SSSR count). The Morgan fingerprint density at radius 3 is 2.88 bits per heavy atom. The zero-order chi connectivity index (χ0) is 11.8. The highest BCUT2D eigenvalue weighted by molar-refractivity contribution is 7.17. The molecule has 3 nitrogen and oxygen atoms in total. The van der Waals surface area contributed by atoms with Gasteiger partial charge in [-0.1, -0.05) is 0 Å². The number of thiophene rings is 1. The van der Waals surface area contributed by atoms with Crippen LogP contribution in [-0.4, -0.2) is 43.4 Å². The third-order valence-electron chi connectivity index (χ3n) is 4.19. The van der Waals surface area contributed by atoms with Gasteiger partial charge in [0, 0.05) is 25.2 Å². The Morgan fingerprint density at radius 1 is 1.29 bits per heavy atom. The predicted octanol–water partition coefficient (Wildman–Crippen LogP) is 2.23. The average Bonchev–Trinajstić information content (AvgIpc) is 2.86. The minimum Gasteiger partial charge on any atom is -0.362 e. The van der Waals surface area contributed by atoms with Crippen LogP contribution in [0.1, 0.15) is 28.9 Å². The predicted molar refractivity (Wildman–Crippen MR) is 71.1 cm³/mol. The van der Waals surface area contributed by atoms with Crippen LogP contribution in [-0.2, 0) is 0 Å². The molecule has 3 heterocycles. The lowest BCUT2D eigenvalue weighted by Gasteiger charge is -2.26. The summed E-state index contributed by atoms with van der Waals surface area (Å²) in [6.45, 7) is 2.25. The van der Waals surface area contributed by atoms with E-state index in [9.17, 15) is 4.79 Å². The van der Waals surface area contributed by atoms with Gasteiger partial charge in [0.25, 0.3) is 0 Å². The van der Waals surface area contributed by atoms with Crippen LogP contribution in [0.15, 0.2) is 12.1 Å². The summed E-state index contributed by atoms with van der Waals surface area (Å²) < 4.78 is 0. The van der Waals surface area contributed by atoms with Gasteiger partial charge in [0.2, 0.25) is 0 Å². The van der Waals surface area contributed by atoms with Crippen LogP contribution in [0.25, 0.3) is 0 Å². The number of fused-ring (bicyclic) bond motifs is 2. The second-order valence-electron chi connectivity index (χ2n) is 5.08. The first-order valence-electron chi connectivity index (χ1n) is 6.30. The topological polar surface area (TPSA) is 23.6 Å². The maximum absolute atomic E-state index is 10.7. The van der Waals surface area contributed by atoms with E-state index in [1.807, 2.05) is 6.07 Å². The Labute approximate surface area is 106 Å². The molecule has 0 aliphatic carbocycles. The van der Waals surface area contributed by atoms with Gasteiger partial charge in [-0.2, -0.15) is 0 Å². The van der Waals surface area contributed by atoms with Gasteiger partial charge in [-0.05, 0) is 38.4 Å². The van der Waals surface area contributed by atoms with Gasteiger partial charge in [-0.15, -0.1) is 11.3 Å². The lowest BCUT2D eigenvalue weighted by molar-refractivity contribution is 0.112. The number of hydrogen-bond acceptors (Lipinski definition) is 4. The second-order valence-corrected chi connectivity index (χ2v) is 6.17. The Balaban J connectivity index is 1.78. The third-order valence-corrected chi connectivity index (χ3v) is 5.26. The fourth-order valence-corrected chi connectivity index (χ4v) is 3.94. The molecule has 2 unspecified atom stereocenters. The Bertz CT molecular complexity index is 417. The third kappa shape index (κ3) is 2.00. The summed E-state index contributed by atoms with van der Waals surface area (Å²) >= 11 is 1.62. The first-order valence-corrected chi connectivity index (χ1v) is 7.11. The SMILES string of the molecule is CN1C2CCC1CN(c1ccc(C=O)s1)CC2. The standard InChI is InChI=1S/C13H18N2OS/c1-14-10-2-3-11(14)8-15(7-6-10)13-5-4-12(9-16)17-13/h4-5,9-11H,2-3,6-8H2,1H3. The molecule has 2 atom stereocenters. The number of carbonyl (C=O) groups excluding carboxylic acids is 1. The molecular weight excluding hydrogens is 232 g/mol. The summed E-state index contributed by atoms with van der Waals surface area (Å²) in [5, 5.41) is 1.26. The Hall–Kier alpha value is -0.870. The van der Waals surface area contributed by atoms with Gasteiger partial charge in [0.1, 0.15) is 0 Å². The lowest BCUT2D eigenvalue weighted by atomic mass is 10.1. The fraction of sp³-hybridized carbons (Fsp3) is 0.615. The summed E-state index contributed by atoms with van der Waals surface area (Å²) in [5.74, 6) is 0. The van der Waals surface area contributed by atoms with Gasteiger partial charge in [0.05, 0.1) is 9.88 Å². The number of likely N-dealkylation sites (N-methyl/N-ethyl adjacent to an activating group) is 1. The van der Waals surface area contributed by atoms with E-state index in [-0.39, 0.29) is 0 Å². The molecule has 0 spiro atoms. The van der Waals surface area contributed by atoms with Gasteiger partial charge in [-0.3, -0.25) is 9.69 Å². The first kappa shape index (κ1) is 11.2. The highest BCUT2D eigenvalue weighted by Crippen LogP contribution is 2.33. The summed E-state index contributed by atoms with van der Waals surface area (Å²) in [4.78, 5) is 16.6. The molecule has 92 valence electrons. The fourth-order valence-electron chi connectivity index (χ4n) is 3.08. The van der Waals surface area contributed by atoms with E-state index in [1.165, 1.54) is 24.3 Å². The van der Waals surface area contributed by atoms with Crippen LogP contribution in [0.2, 0.25) is 0 Å². The van der Waals surface area contributed by atoms with Crippen LogP contribution < -0.4 is 4.90 Å². The van der Waals surface area contributed by atoms with Crippen LogP contribution in [0.3, 0.4) is 0 Å². The van der Waals surface area contributed by atoms with E-state index < -0.39 is 0 Å². The van der Waals surface area contributed by atoms with E-state index >= 15 is 0 Å². The highest BCUT2D eigenvalue weighted by atomic mass is 32.1. The van der Waals surface area contributed by atoms with Crippen LogP contribution >= 0.6 is 11.3 Å². The van der Waals surface area contributed by atoms with E-state index in [2.05, 4.69) is 22.9 Å². The smallest absolute Gasteiger partial charge is 0.160 e. The maximum atomic E-state index is 10.7. The number of nitrogens with zero attached hydrogens (tertiary/aromatic N) is 2. The molecule has 2 aliphatic rings. The molecule has 0 N–H and O–H groups in total. The number of carbonyl (C=O) groups is 1. The van der Waals surface area contributed by atoms with Gasteiger partial charge >= 0.3 is 0 Å². The molecule has 2 saturated heterocycles. The van der Waals surface area contributed by atoms with Crippen LogP contribution in [0, 0.1) is 0 Å². The van der Waals surface area contributed by atoms with Crippen molar-refractivity contribution in [2.45, 2.75) is 31.3 Å². The van der Waals surface area contributed by atoms with Gasteiger partial charge in [0.15, 0.2) is 6.29 Å². The molecule has 0 amide bonds. The monoisotopic (exact) mass is 250 g/mol. The minimum atomic E-state index is 0.698. The van der Waals surface area contributed by atoms with Gasteiger partial charge < -0.3 is 4.90 Å². The van der Waals surface area contributed by atoms with E-state index in [0.717, 1.165) is 30.3 Å². The van der Waals surface area contributed by atoms with Crippen molar-refractivity contribution < 1.29 is 4.79 Å². The van der Waals surface area contributed by atoms with E-state index in [0.29, 0.717) is 6.04 Å². The quantitative estimate of drug-likeness (QED) is 0.752. The van der Waals surface area contributed by atoms with Crippen LogP contribution in [0.4, 0.5) is 5.00 Å². The zero-order valence-electron chi connectivity index (χ0n) is 10.1. The van der Waals surface area contributed by atoms with Crippen LogP contribution in [0.5, 0.6) is 0 Å². The van der Waals surface area contributed by atoms with Gasteiger partial charge in [-0.25, -0.2) is 0 Å². The largest absolute Gasteiger partial charge is 0.362 e. The molecule has 0 aromatic carbocycles. The molecule has 17 heavy (non-hydrogen) atoms. The first-order chi connectivity index (χ1) is 8.28. The number of hydrogen-bond donors (Lipinski definition) is 0. The Kier molecular flexibility index (Phi) is 2.92. The van der Waals surface area contributed by atoms with Crippen molar-refractivity contribution in [3.63, 3.8) is 0 Å². The van der Waals surface area contributed by atoms with Crippen molar-refractivity contribution in [1.82, 2.24) is 4.90 Å². The van der Waals surface area contributed by atoms with Crippen molar-refractivity contribution in [2.24, 2.45) is 0 Å². The molecular formula is C13H18N2OS. The minimum absolute atomic E-state index is 0.698. The van der Waals surface area contributed by atoms with Crippen molar-refractivity contribution in [3.05, 3.63) is 17.0 Å². The summed E-state index contributed by atoms with van der Waals surface area (Å²) in [5.41, 5.74) is 0. The molecule has 2 fully saturated rings. The summed E-state index contributed by atoms with van der Waals surface area (Å²) in [6.07, 6.45) is 4.88. The van der Waals surface area contributed by atoms with Crippen molar-refractivity contribution >= 4 is 22.6 Å². The maximum Gasteiger partial charge on any atom is 0.160 e. The van der Waals surface area contributed by atoms with E-state index in [4.69, 9.17) is 0 Å². The average molecular weight is 250 g/mol. The molecule has 2 aliphatic heterocycles. The Morgan fingerprint density at radius 2 is 2.12 bits per heavy atom. The molecule has 0 radical (unpaired) electrons. The highest BCUT2D eigenvalue weighted by Gasteiger charge is 2.34. The summed E-state index contributed by atoms with van der Waals surface area (Å²) in [6, 6.07) is 5.49. The van der Waals surface area contributed by atoms with Crippen molar-refractivity contribution in [1.29, 1.82) is 0 Å². The number of anilines is 1. The molecule has 1 aromatic rings. The zero-order valence-corrected chi connectivity index (χ0v) is 10.9. The van der Waals surface area contributed by atoms with E-state index in [1.54, 1.807) is 11.3 Å². The molecule has 2 bridgehead atoms. The lowest BCUT2D eigenvalue weighted by Crippen LogP contribution is -2.36. The second kappa shape index (κ2) is 4.42. The number of aldehydes is 1. The normalized spacial score (nSPS) is 29.4. The summed E-state index contributed by atoms with van der Waals surface area (Å²) in [7, 11) is 2.26. The molecule has 4 heteroatoms. The number of rotatable bonds is 2. The van der Waals surface area contributed by atoms with Crippen molar-refractivity contribution in [3.8, 4) is 0 Å². The van der Waals surface area contributed by atoms with Crippen molar-refractivity contribution in [2.75, 3.05) is 25.0 Å². The molecule has 1 aromatic heterocycles.